The van der Waals surface area contributed by atoms with Gasteiger partial charge in [-0.2, -0.15) is 0 Å². The lowest BCUT2D eigenvalue weighted by molar-refractivity contribution is -0.139. The molecule has 2 fully saturated rings. The summed E-state index contributed by atoms with van der Waals surface area (Å²) in [6.45, 7) is 6.19. The highest BCUT2D eigenvalue weighted by molar-refractivity contribution is 6.30. The molecule has 3 amide bonds. The van der Waals surface area contributed by atoms with Gasteiger partial charge < -0.3 is 20.3 Å². The molecule has 0 aromatic heterocycles. The minimum atomic E-state index is -0.503. The van der Waals surface area contributed by atoms with Crippen LogP contribution >= 0.6 is 11.6 Å². The normalized spacial score (nSPS) is 22.3. The van der Waals surface area contributed by atoms with Gasteiger partial charge in [0.25, 0.3) is 5.91 Å². The Balaban J connectivity index is 1.21. The van der Waals surface area contributed by atoms with Crippen molar-refractivity contribution in [2.24, 2.45) is 5.73 Å². The van der Waals surface area contributed by atoms with E-state index in [1.165, 1.54) is 17.7 Å². The summed E-state index contributed by atoms with van der Waals surface area (Å²) in [6, 6.07) is 21.4. The van der Waals surface area contributed by atoms with Crippen molar-refractivity contribution in [3.63, 3.8) is 0 Å². The Hall–Kier alpha value is -3.62. The molecule has 0 spiro atoms. The molecule has 2 unspecified atom stereocenters. The van der Waals surface area contributed by atoms with Crippen LogP contribution in [0.5, 0.6) is 5.75 Å². The second-order valence-corrected chi connectivity index (χ2v) is 11.6. The molecule has 41 heavy (non-hydrogen) atoms. The van der Waals surface area contributed by atoms with Gasteiger partial charge in [0.2, 0.25) is 0 Å². The lowest BCUT2D eigenvalue weighted by Crippen LogP contribution is -2.58. The van der Waals surface area contributed by atoms with Crippen LogP contribution in [0.1, 0.15) is 42.9 Å². The molecule has 9 heteroatoms. The quantitative estimate of drug-likeness (QED) is 0.368. The van der Waals surface area contributed by atoms with E-state index < -0.39 is 6.03 Å². The van der Waals surface area contributed by atoms with Crippen LogP contribution < -0.4 is 10.5 Å². The van der Waals surface area contributed by atoms with Gasteiger partial charge in [-0.25, -0.2) is 9.18 Å². The Bertz CT molecular complexity index is 1370. The van der Waals surface area contributed by atoms with Gasteiger partial charge in [0.1, 0.15) is 11.6 Å². The number of rotatable bonds is 9. The van der Waals surface area contributed by atoms with Gasteiger partial charge in [-0.1, -0.05) is 54.1 Å². The maximum absolute atomic E-state index is 13.3. The first-order chi connectivity index (χ1) is 19.7. The molecule has 3 aromatic carbocycles. The second kappa shape index (κ2) is 12.5. The average molecular weight is 579 g/mol. The molecule has 4 atom stereocenters. The summed E-state index contributed by atoms with van der Waals surface area (Å²) in [7, 11) is 0. The van der Waals surface area contributed by atoms with Crippen molar-refractivity contribution in [3.05, 3.63) is 100 Å². The van der Waals surface area contributed by atoms with Crippen LogP contribution in [0.2, 0.25) is 5.02 Å². The molecule has 0 radical (unpaired) electrons. The molecule has 5 rings (SSSR count). The first kappa shape index (κ1) is 28.9. The van der Waals surface area contributed by atoms with Crippen LogP contribution in [-0.2, 0) is 17.9 Å². The number of carbonyl (C=O) groups excluding carboxylic acids is 2. The molecule has 1 saturated heterocycles. The van der Waals surface area contributed by atoms with Crippen molar-refractivity contribution in [3.8, 4) is 5.75 Å². The third-order valence-corrected chi connectivity index (χ3v) is 8.35. The Kier molecular flexibility index (Phi) is 8.80. The predicted octanol–water partition coefficient (Wildman–Crippen LogP) is 5.42. The van der Waals surface area contributed by atoms with Crippen LogP contribution in [0.3, 0.4) is 0 Å². The third kappa shape index (κ3) is 7.00. The molecule has 1 aliphatic carbocycles. The lowest BCUT2D eigenvalue weighted by atomic mass is 10.1. The van der Waals surface area contributed by atoms with Gasteiger partial charge in [0, 0.05) is 54.3 Å². The molecule has 1 saturated carbocycles. The molecule has 7 nitrogen and oxygen atoms in total. The van der Waals surface area contributed by atoms with Gasteiger partial charge in [-0.15, -0.1) is 0 Å². The topological polar surface area (TPSA) is 79.1 Å². The first-order valence-electron chi connectivity index (χ1n) is 14.0. The number of hydrogen-bond donors (Lipinski definition) is 1. The minimum absolute atomic E-state index is 0.00286. The maximum Gasteiger partial charge on any atom is 0.315 e. The van der Waals surface area contributed by atoms with E-state index in [1.807, 2.05) is 30.0 Å². The Morgan fingerprint density at radius 3 is 2.46 bits per heavy atom. The van der Waals surface area contributed by atoms with E-state index in [4.69, 9.17) is 22.1 Å². The highest BCUT2D eigenvalue weighted by Gasteiger charge is 2.44. The monoisotopic (exact) mass is 578 g/mol. The van der Waals surface area contributed by atoms with Crippen LogP contribution in [0, 0.1) is 5.82 Å². The van der Waals surface area contributed by atoms with Gasteiger partial charge in [0.05, 0.1) is 6.54 Å². The Morgan fingerprint density at radius 1 is 1.02 bits per heavy atom. The summed E-state index contributed by atoms with van der Waals surface area (Å²) in [6.07, 6.45) is 0.839. The average Bonchev–Trinajstić information content (AvgIpc) is 3.75. The fourth-order valence-corrected chi connectivity index (χ4v) is 5.95. The minimum Gasteiger partial charge on any atom is -0.483 e. The maximum atomic E-state index is 13.3. The fraction of sp³-hybridized carbons (Fsp3) is 0.375. The third-order valence-electron chi connectivity index (χ3n) is 8.12. The molecule has 2 aliphatic rings. The number of ether oxygens (including phenoxy) is 1. The highest BCUT2D eigenvalue weighted by atomic mass is 35.5. The zero-order chi connectivity index (χ0) is 29.1. The summed E-state index contributed by atoms with van der Waals surface area (Å²) in [5.41, 5.74) is 8.72. The summed E-state index contributed by atoms with van der Waals surface area (Å²) in [5, 5.41) is 0.512. The molecule has 1 aliphatic heterocycles. The van der Waals surface area contributed by atoms with E-state index in [9.17, 15) is 14.0 Å². The standard InChI is InChI=1S/C32H36ClFN4O3/c1-21-17-37(22(2)16-36(21)18-23-8-11-27(34)12-9-23)31(39)20-41-30-13-10-26(33)14-25(30)19-38(32(35)40)29-15-28(29)24-6-4-3-5-7-24/h3-14,21-22,28-29H,15-20H2,1-2H3,(H2,35,40)/t21?,22?,28-,29+/m0/s1. The molecule has 216 valence electrons. The molecular weight excluding hydrogens is 543 g/mol. The molecule has 0 bridgehead atoms. The lowest BCUT2D eigenvalue weighted by Gasteiger charge is -2.44. The molecule has 1 heterocycles. The van der Waals surface area contributed by atoms with Gasteiger partial charge in [-0.05, 0) is 61.7 Å². The van der Waals surface area contributed by atoms with Gasteiger partial charge >= 0.3 is 6.03 Å². The van der Waals surface area contributed by atoms with Crippen molar-refractivity contribution in [1.82, 2.24) is 14.7 Å². The number of piperazine rings is 1. The highest BCUT2D eigenvalue weighted by Crippen LogP contribution is 2.45. The van der Waals surface area contributed by atoms with Gasteiger partial charge in [-0.3, -0.25) is 9.69 Å². The Morgan fingerprint density at radius 2 is 1.76 bits per heavy atom. The zero-order valence-electron chi connectivity index (χ0n) is 23.4. The fourth-order valence-electron chi connectivity index (χ4n) is 5.75. The number of carbonyl (C=O) groups is 2. The number of nitrogens with two attached hydrogens (primary N) is 1. The van der Waals surface area contributed by atoms with E-state index in [1.54, 1.807) is 35.2 Å². The SMILES string of the molecule is CC1CN(C(=O)COc2ccc(Cl)cc2CN(C(N)=O)[C@@H]2C[C@H]2c2ccccc2)C(C)CN1Cc1ccc(F)cc1. The summed E-state index contributed by atoms with van der Waals surface area (Å²) in [5.74, 6) is 0.381. The number of urea groups is 1. The van der Waals surface area contributed by atoms with Crippen LogP contribution in [0.25, 0.3) is 0 Å². The van der Waals surface area contributed by atoms with Crippen molar-refractivity contribution >= 4 is 23.5 Å². The number of hydrogen-bond acceptors (Lipinski definition) is 4. The number of nitrogens with zero attached hydrogens (tertiary/aromatic N) is 3. The number of primary amides is 1. The number of amides is 3. The van der Waals surface area contributed by atoms with Gasteiger partial charge in [0.15, 0.2) is 6.61 Å². The van der Waals surface area contributed by atoms with Crippen molar-refractivity contribution in [2.75, 3.05) is 19.7 Å². The number of benzene rings is 3. The molecule has 2 N–H and O–H groups in total. The first-order valence-corrected chi connectivity index (χ1v) is 14.4. The summed E-state index contributed by atoms with van der Waals surface area (Å²) < 4.78 is 19.3. The number of halogens is 2. The second-order valence-electron chi connectivity index (χ2n) is 11.1. The van der Waals surface area contributed by atoms with Crippen molar-refractivity contribution < 1.29 is 18.7 Å². The largest absolute Gasteiger partial charge is 0.483 e. The van der Waals surface area contributed by atoms with Crippen molar-refractivity contribution in [1.29, 1.82) is 0 Å². The van der Waals surface area contributed by atoms with E-state index in [2.05, 4.69) is 24.0 Å². The summed E-state index contributed by atoms with van der Waals surface area (Å²) >= 11 is 6.31. The molecular formula is C32H36ClFN4O3. The van der Waals surface area contributed by atoms with Crippen LogP contribution in [-0.4, -0.2) is 64.5 Å². The Labute approximate surface area is 245 Å². The van der Waals surface area contributed by atoms with E-state index in [-0.39, 0.29) is 48.9 Å². The van der Waals surface area contributed by atoms with Crippen molar-refractivity contribution in [2.45, 2.75) is 57.4 Å². The molecule has 3 aromatic rings. The predicted molar refractivity (Wildman–Crippen MR) is 157 cm³/mol. The zero-order valence-corrected chi connectivity index (χ0v) is 24.1. The van der Waals surface area contributed by atoms with Crippen LogP contribution in [0.4, 0.5) is 9.18 Å². The van der Waals surface area contributed by atoms with E-state index >= 15 is 0 Å². The smallest absolute Gasteiger partial charge is 0.315 e. The summed E-state index contributed by atoms with van der Waals surface area (Å²) in [4.78, 5) is 31.5. The van der Waals surface area contributed by atoms with E-state index in [0.717, 1.165) is 12.0 Å². The van der Waals surface area contributed by atoms with Crippen LogP contribution in [0.15, 0.2) is 72.8 Å². The van der Waals surface area contributed by atoms with E-state index in [0.29, 0.717) is 36.0 Å².